The number of hydrogen-bond donors (Lipinski definition) is 2. The van der Waals surface area contributed by atoms with Gasteiger partial charge in [0, 0.05) is 46.9 Å². The van der Waals surface area contributed by atoms with Gasteiger partial charge in [-0.3, -0.25) is 19.0 Å². The molecule has 2 aromatic heterocycles. The molecule has 0 atom stereocenters. The number of aromatic nitrogens is 2. The van der Waals surface area contributed by atoms with E-state index in [2.05, 4.69) is 15.6 Å². The van der Waals surface area contributed by atoms with Crippen LogP contribution in [0.2, 0.25) is 0 Å². The molecular weight excluding hydrogens is 368 g/mol. The smallest absolute Gasteiger partial charge is 0.265 e. The van der Waals surface area contributed by atoms with E-state index in [1.165, 1.54) is 10.9 Å². The van der Waals surface area contributed by atoms with E-state index in [-0.39, 0.29) is 41.1 Å². The fourth-order valence-electron chi connectivity index (χ4n) is 2.71. The van der Waals surface area contributed by atoms with Crippen LogP contribution < -0.4 is 16.2 Å². The van der Waals surface area contributed by atoms with Crippen molar-refractivity contribution in [3.63, 3.8) is 0 Å². The van der Waals surface area contributed by atoms with E-state index in [0.717, 1.165) is 0 Å². The molecular formula is C18H26N4O6. The molecule has 154 valence electrons. The van der Waals surface area contributed by atoms with Gasteiger partial charge >= 0.3 is 0 Å². The first-order valence-electron chi connectivity index (χ1n) is 9.00. The summed E-state index contributed by atoms with van der Waals surface area (Å²) in [4.78, 5) is 41.2. The second-order valence-electron chi connectivity index (χ2n) is 6.15. The van der Waals surface area contributed by atoms with Crippen LogP contribution in [0.25, 0.3) is 11.1 Å². The maximum atomic E-state index is 12.8. The third-order valence-corrected chi connectivity index (χ3v) is 4.10. The highest BCUT2D eigenvalue weighted by atomic mass is 16.5. The number of carbonyl (C=O) groups excluding carboxylic acids is 2. The van der Waals surface area contributed by atoms with Crippen molar-refractivity contribution in [1.29, 1.82) is 0 Å². The summed E-state index contributed by atoms with van der Waals surface area (Å²) in [6, 6.07) is 0. The predicted molar refractivity (Wildman–Crippen MR) is 101 cm³/mol. The Morgan fingerprint density at radius 2 is 1.93 bits per heavy atom. The van der Waals surface area contributed by atoms with Crippen molar-refractivity contribution >= 4 is 22.9 Å². The zero-order valence-corrected chi connectivity index (χ0v) is 16.4. The molecule has 0 saturated carbocycles. The highest BCUT2D eigenvalue weighted by molar-refractivity contribution is 6.06. The minimum atomic E-state index is -0.477. The topological polar surface area (TPSA) is 125 Å². The van der Waals surface area contributed by atoms with Gasteiger partial charge in [0.05, 0.1) is 12.2 Å². The number of amides is 2. The number of hydrogen-bond acceptors (Lipinski definition) is 7. The third kappa shape index (κ3) is 5.40. The van der Waals surface area contributed by atoms with Crippen LogP contribution in [0.3, 0.4) is 0 Å². The van der Waals surface area contributed by atoms with Gasteiger partial charge in [-0.1, -0.05) is 0 Å². The van der Waals surface area contributed by atoms with Gasteiger partial charge < -0.3 is 24.5 Å². The number of nitrogens with one attached hydrogen (secondary N) is 2. The second kappa shape index (κ2) is 10.6. The van der Waals surface area contributed by atoms with Crippen LogP contribution in [0, 0.1) is 6.92 Å². The Bertz CT molecular complexity index is 873. The lowest BCUT2D eigenvalue weighted by molar-refractivity contribution is -0.121. The maximum absolute atomic E-state index is 12.8. The summed E-state index contributed by atoms with van der Waals surface area (Å²) in [6.07, 6.45) is 2.15. The monoisotopic (exact) mass is 394 g/mol. The molecule has 2 amide bonds. The van der Waals surface area contributed by atoms with Crippen LogP contribution in [0.1, 0.15) is 29.0 Å². The summed E-state index contributed by atoms with van der Waals surface area (Å²) in [7, 11) is 3.13. The van der Waals surface area contributed by atoms with Gasteiger partial charge in [-0.05, 0) is 13.3 Å². The Labute approximate surface area is 162 Å². The van der Waals surface area contributed by atoms with E-state index in [1.807, 2.05) is 0 Å². The molecule has 2 aromatic rings. The van der Waals surface area contributed by atoms with Crippen LogP contribution in [-0.4, -0.2) is 61.9 Å². The molecule has 0 radical (unpaired) electrons. The molecule has 0 aliphatic carbocycles. The molecule has 2 N–H and O–H groups in total. The van der Waals surface area contributed by atoms with Crippen LogP contribution in [0.5, 0.6) is 0 Å². The number of rotatable bonds is 11. The number of ether oxygens (including phenoxy) is 2. The first kappa shape index (κ1) is 21.6. The molecule has 0 unspecified atom stereocenters. The fourth-order valence-corrected chi connectivity index (χ4v) is 2.71. The maximum Gasteiger partial charge on any atom is 0.265 e. The van der Waals surface area contributed by atoms with Crippen molar-refractivity contribution in [3.05, 3.63) is 28.0 Å². The molecule has 10 heteroatoms. The minimum absolute atomic E-state index is 0.115. The Hall–Kier alpha value is -2.72. The molecule has 10 nitrogen and oxygen atoms in total. The van der Waals surface area contributed by atoms with Crippen LogP contribution >= 0.6 is 0 Å². The lowest BCUT2D eigenvalue weighted by Gasteiger charge is -2.07. The average Bonchev–Trinajstić information content (AvgIpc) is 3.01. The van der Waals surface area contributed by atoms with E-state index in [4.69, 9.17) is 13.9 Å². The number of carbonyl (C=O) groups is 2. The zero-order valence-electron chi connectivity index (χ0n) is 16.4. The highest BCUT2D eigenvalue weighted by Gasteiger charge is 2.22. The normalized spacial score (nSPS) is 11.0. The number of aryl methyl sites for hydroxylation is 2. The van der Waals surface area contributed by atoms with Gasteiger partial charge in [-0.2, -0.15) is 0 Å². The molecule has 0 bridgehead atoms. The molecule has 0 spiro atoms. The van der Waals surface area contributed by atoms with E-state index in [0.29, 0.717) is 38.5 Å². The molecule has 28 heavy (non-hydrogen) atoms. The number of methoxy groups -OCH3 is 2. The summed E-state index contributed by atoms with van der Waals surface area (Å²) in [5, 5.41) is 5.46. The molecule has 0 aliphatic heterocycles. The van der Waals surface area contributed by atoms with E-state index < -0.39 is 5.91 Å². The highest BCUT2D eigenvalue weighted by Crippen LogP contribution is 2.20. The Morgan fingerprint density at radius 1 is 1.18 bits per heavy atom. The standard InChI is InChI=1S/C18H26N4O6/c1-12-14(16(24)20-6-5-13(23)19-7-10-27-3)15-17(28-12)21-11-22(18(15)25)8-4-9-26-2/h11H,4-10H2,1-3H3,(H,19,23)(H,20,24). The van der Waals surface area contributed by atoms with E-state index >= 15 is 0 Å². The average molecular weight is 394 g/mol. The van der Waals surface area contributed by atoms with Crippen molar-refractivity contribution in [3.8, 4) is 0 Å². The second-order valence-corrected chi connectivity index (χ2v) is 6.15. The molecule has 2 heterocycles. The van der Waals surface area contributed by atoms with Crippen molar-refractivity contribution in [1.82, 2.24) is 20.2 Å². The van der Waals surface area contributed by atoms with Gasteiger partial charge in [0.1, 0.15) is 17.5 Å². The molecule has 0 aliphatic rings. The van der Waals surface area contributed by atoms with Gasteiger partial charge in [0.15, 0.2) is 0 Å². The molecule has 2 rings (SSSR count). The SMILES string of the molecule is COCCCn1cnc2oc(C)c(C(=O)NCCC(=O)NCCOC)c2c1=O. The third-order valence-electron chi connectivity index (χ3n) is 4.10. The Morgan fingerprint density at radius 3 is 2.64 bits per heavy atom. The lowest BCUT2D eigenvalue weighted by Crippen LogP contribution is -2.32. The lowest BCUT2D eigenvalue weighted by atomic mass is 10.1. The predicted octanol–water partition coefficient (Wildman–Crippen LogP) is 0.217. The number of fused-ring (bicyclic) bond motifs is 1. The minimum Gasteiger partial charge on any atom is -0.442 e. The molecule has 0 fully saturated rings. The first-order valence-corrected chi connectivity index (χ1v) is 9.00. The van der Waals surface area contributed by atoms with E-state index in [9.17, 15) is 14.4 Å². The molecule has 0 saturated heterocycles. The van der Waals surface area contributed by atoms with Gasteiger partial charge in [0.25, 0.3) is 11.5 Å². The van der Waals surface area contributed by atoms with Gasteiger partial charge in [-0.25, -0.2) is 4.98 Å². The Kier molecular flexibility index (Phi) is 8.15. The molecule has 0 aromatic carbocycles. The van der Waals surface area contributed by atoms with Crippen LogP contribution in [0.4, 0.5) is 0 Å². The summed E-state index contributed by atoms with van der Waals surface area (Å²) >= 11 is 0. The number of nitrogens with zero attached hydrogens (tertiary/aromatic N) is 2. The zero-order chi connectivity index (χ0) is 20.5. The Balaban J connectivity index is 2.09. The largest absolute Gasteiger partial charge is 0.442 e. The van der Waals surface area contributed by atoms with Crippen molar-refractivity contribution < 1.29 is 23.5 Å². The summed E-state index contributed by atoms with van der Waals surface area (Å²) < 4.78 is 16.7. The van der Waals surface area contributed by atoms with Gasteiger partial charge in [0.2, 0.25) is 11.6 Å². The van der Waals surface area contributed by atoms with Crippen molar-refractivity contribution in [2.75, 3.05) is 40.5 Å². The summed E-state index contributed by atoms with van der Waals surface area (Å²) in [6.45, 7) is 3.48. The number of furan rings is 1. The fraction of sp³-hybridized carbons (Fsp3) is 0.556. The van der Waals surface area contributed by atoms with Crippen molar-refractivity contribution in [2.24, 2.45) is 0 Å². The first-order chi connectivity index (χ1) is 13.5. The quantitative estimate of drug-likeness (QED) is 0.522. The van der Waals surface area contributed by atoms with Crippen molar-refractivity contribution in [2.45, 2.75) is 26.3 Å². The van der Waals surface area contributed by atoms with Crippen LogP contribution in [0.15, 0.2) is 15.5 Å². The summed E-state index contributed by atoms with van der Waals surface area (Å²) in [5.74, 6) is -0.376. The van der Waals surface area contributed by atoms with Crippen LogP contribution in [-0.2, 0) is 20.8 Å². The summed E-state index contributed by atoms with van der Waals surface area (Å²) in [5.41, 5.74) is -0.0817. The van der Waals surface area contributed by atoms with Gasteiger partial charge in [-0.15, -0.1) is 0 Å². The van der Waals surface area contributed by atoms with E-state index in [1.54, 1.807) is 21.1 Å².